The van der Waals surface area contributed by atoms with Gasteiger partial charge in [0.1, 0.15) is 11.9 Å². The van der Waals surface area contributed by atoms with E-state index >= 15 is 0 Å². The van der Waals surface area contributed by atoms with Crippen LogP contribution in [0.5, 0.6) is 5.75 Å². The van der Waals surface area contributed by atoms with Crippen LogP contribution in [-0.2, 0) is 0 Å². The van der Waals surface area contributed by atoms with E-state index in [0.29, 0.717) is 10.4 Å². The van der Waals surface area contributed by atoms with Crippen molar-refractivity contribution in [2.45, 2.75) is 59.1 Å². The predicted molar refractivity (Wildman–Crippen MR) is 87.7 cm³/mol. The quantitative estimate of drug-likeness (QED) is 0.857. The van der Waals surface area contributed by atoms with Crippen LogP contribution in [0.15, 0.2) is 18.2 Å². The molecule has 1 aromatic carbocycles. The Bertz CT molecular complexity index is 554. The number of rotatable bonds is 3. The van der Waals surface area contributed by atoms with Crippen molar-refractivity contribution in [2.75, 3.05) is 0 Å². The zero-order valence-electron chi connectivity index (χ0n) is 13.4. The van der Waals surface area contributed by atoms with Gasteiger partial charge in [0.15, 0.2) is 0 Å². The van der Waals surface area contributed by atoms with Gasteiger partial charge in [0.25, 0.3) is 0 Å². The molecule has 0 saturated heterocycles. The second kappa shape index (κ2) is 4.89. The van der Waals surface area contributed by atoms with Crippen molar-refractivity contribution in [2.24, 2.45) is 22.5 Å². The molecule has 2 saturated carbocycles. The molecule has 2 bridgehead atoms. The van der Waals surface area contributed by atoms with Crippen LogP contribution in [-0.4, -0.2) is 6.10 Å². The van der Waals surface area contributed by atoms with Gasteiger partial charge in [0, 0.05) is 11.5 Å². The molecule has 0 aliphatic heterocycles. The number of ether oxygens (including phenoxy) is 1. The van der Waals surface area contributed by atoms with Gasteiger partial charge in [-0.15, -0.1) is 0 Å². The smallest absolute Gasteiger partial charge is 0.138 e. The maximum Gasteiger partial charge on any atom is 0.138 e. The summed E-state index contributed by atoms with van der Waals surface area (Å²) in [5.41, 5.74) is 7.56. The molecular weight excluding hydrogens is 282 g/mol. The molecule has 2 aliphatic rings. The number of halogens is 1. The van der Waals surface area contributed by atoms with Crippen LogP contribution in [0.1, 0.15) is 58.6 Å². The first-order chi connectivity index (χ1) is 9.75. The van der Waals surface area contributed by atoms with E-state index in [1.54, 1.807) is 0 Å². The van der Waals surface area contributed by atoms with Crippen LogP contribution in [0.4, 0.5) is 0 Å². The second-order valence-corrected chi connectivity index (χ2v) is 8.10. The van der Waals surface area contributed by atoms with Gasteiger partial charge >= 0.3 is 0 Å². The maximum atomic E-state index is 6.39. The van der Waals surface area contributed by atoms with Crippen molar-refractivity contribution >= 4 is 11.6 Å². The molecule has 0 spiro atoms. The summed E-state index contributed by atoms with van der Waals surface area (Å²) in [4.78, 5) is 0. The van der Waals surface area contributed by atoms with Crippen molar-refractivity contribution in [3.8, 4) is 5.75 Å². The van der Waals surface area contributed by atoms with Gasteiger partial charge in [-0.05, 0) is 55.2 Å². The van der Waals surface area contributed by atoms with E-state index in [1.165, 1.54) is 12.8 Å². The van der Waals surface area contributed by atoms with Gasteiger partial charge < -0.3 is 10.5 Å². The summed E-state index contributed by atoms with van der Waals surface area (Å²) >= 11 is 6.39. The van der Waals surface area contributed by atoms with Gasteiger partial charge in [-0.3, -0.25) is 0 Å². The lowest BCUT2D eigenvalue weighted by Crippen LogP contribution is -2.38. The van der Waals surface area contributed by atoms with Crippen molar-refractivity contribution in [1.29, 1.82) is 0 Å². The lowest BCUT2D eigenvalue weighted by molar-refractivity contribution is 0.0302. The number of benzene rings is 1. The Hall–Kier alpha value is -0.730. The fraction of sp³-hybridized carbons (Fsp3) is 0.667. The van der Waals surface area contributed by atoms with Gasteiger partial charge in [0.05, 0.1) is 5.02 Å². The monoisotopic (exact) mass is 307 g/mol. The summed E-state index contributed by atoms with van der Waals surface area (Å²) in [6.07, 6.45) is 4.00. The fourth-order valence-corrected chi connectivity index (χ4v) is 4.59. The summed E-state index contributed by atoms with van der Waals surface area (Å²) in [6.45, 7) is 9.14. The summed E-state index contributed by atoms with van der Waals surface area (Å²) < 4.78 is 6.34. The van der Waals surface area contributed by atoms with Gasteiger partial charge in [-0.2, -0.15) is 0 Å². The Kier molecular flexibility index (Phi) is 3.53. The first kappa shape index (κ1) is 15.2. The first-order valence-electron chi connectivity index (χ1n) is 7.97. The van der Waals surface area contributed by atoms with Crippen molar-refractivity contribution in [3.05, 3.63) is 28.8 Å². The van der Waals surface area contributed by atoms with E-state index in [1.807, 2.05) is 25.1 Å². The molecule has 1 aromatic rings. The highest BCUT2D eigenvalue weighted by atomic mass is 35.5. The highest BCUT2D eigenvalue weighted by molar-refractivity contribution is 6.32. The van der Waals surface area contributed by atoms with E-state index in [4.69, 9.17) is 22.1 Å². The molecule has 2 fully saturated rings. The fourth-order valence-electron chi connectivity index (χ4n) is 4.36. The lowest BCUT2D eigenvalue weighted by atomic mass is 9.70. The zero-order chi connectivity index (χ0) is 15.4. The van der Waals surface area contributed by atoms with Gasteiger partial charge in [-0.25, -0.2) is 0 Å². The summed E-state index contributed by atoms with van der Waals surface area (Å²) in [5.74, 6) is 1.57. The minimum Gasteiger partial charge on any atom is -0.488 e. The second-order valence-electron chi connectivity index (χ2n) is 7.70. The Morgan fingerprint density at radius 3 is 2.52 bits per heavy atom. The summed E-state index contributed by atoms with van der Waals surface area (Å²) in [7, 11) is 0. The molecule has 2 aliphatic carbocycles. The molecule has 2 nitrogen and oxygen atoms in total. The summed E-state index contributed by atoms with van der Waals surface area (Å²) in [6, 6.07) is 5.92. The van der Waals surface area contributed by atoms with Gasteiger partial charge in [0.2, 0.25) is 0 Å². The van der Waals surface area contributed by atoms with Crippen molar-refractivity contribution in [1.82, 2.24) is 0 Å². The van der Waals surface area contributed by atoms with E-state index in [2.05, 4.69) is 20.8 Å². The normalized spacial score (nSPS) is 35.0. The highest BCUT2D eigenvalue weighted by Gasteiger charge is 2.62. The minimum absolute atomic E-state index is 0.00417. The Morgan fingerprint density at radius 1 is 1.33 bits per heavy atom. The van der Waals surface area contributed by atoms with Crippen LogP contribution < -0.4 is 10.5 Å². The molecule has 0 radical (unpaired) electrons. The molecule has 0 heterocycles. The first-order valence-corrected chi connectivity index (χ1v) is 8.35. The zero-order valence-corrected chi connectivity index (χ0v) is 14.2. The standard InChI is InChI=1S/C18H26ClNO/c1-11(20)12-5-6-15(14(19)9-12)21-16-10-13-7-8-18(16,4)17(13,2)3/h5-6,9,11,13,16H,7-8,10,20H2,1-4H3. The molecular formula is C18H26ClNO. The highest BCUT2D eigenvalue weighted by Crippen LogP contribution is 2.66. The van der Waals surface area contributed by atoms with Gasteiger partial charge in [-0.1, -0.05) is 38.4 Å². The average Bonchev–Trinajstić information content (AvgIpc) is 2.74. The van der Waals surface area contributed by atoms with Crippen LogP contribution in [0.25, 0.3) is 0 Å². The summed E-state index contributed by atoms with van der Waals surface area (Å²) in [5, 5.41) is 0.675. The van der Waals surface area contributed by atoms with E-state index in [9.17, 15) is 0 Å². The molecule has 116 valence electrons. The SMILES string of the molecule is CC(N)c1ccc(OC2CC3CCC2(C)C3(C)C)c(Cl)c1. The van der Waals surface area contributed by atoms with Crippen molar-refractivity contribution < 1.29 is 4.74 Å². The largest absolute Gasteiger partial charge is 0.488 e. The third kappa shape index (κ3) is 2.19. The molecule has 3 heteroatoms. The van der Waals surface area contributed by atoms with E-state index in [0.717, 1.165) is 23.7 Å². The number of fused-ring (bicyclic) bond motifs is 2. The molecule has 0 aromatic heterocycles. The molecule has 2 N–H and O–H groups in total. The Labute approximate surface area is 133 Å². The van der Waals surface area contributed by atoms with E-state index < -0.39 is 0 Å². The number of nitrogens with two attached hydrogens (primary N) is 1. The van der Waals surface area contributed by atoms with Crippen LogP contribution in [0.2, 0.25) is 5.02 Å². The van der Waals surface area contributed by atoms with Crippen molar-refractivity contribution in [3.63, 3.8) is 0 Å². The average molecular weight is 308 g/mol. The van der Waals surface area contributed by atoms with Crippen LogP contribution in [0.3, 0.4) is 0 Å². The lowest BCUT2D eigenvalue weighted by Gasteiger charge is -2.39. The molecule has 4 atom stereocenters. The molecule has 4 unspecified atom stereocenters. The Balaban J connectivity index is 1.83. The third-order valence-electron chi connectivity index (χ3n) is 6.46. The topological polar surface area (TPSA) is 35.2 Å². The molecule has 21 heavy (non-hydrogen) atoms. The van der Waals surface area contributed by atoms with Crippen LogP contribution >= 0.6 is 11.6 Å². The third-order valence-corrected chi connectivity index (χ3v) is 6.76. The predicted octanol–water partition coefficient (Wildman–Crippen LogP) is 4.95. The minimum atomic E-state index is -0.00417. The number of hydrogen-bond acceptors (Lipinski definition) is 2. The number of hydrogen-bond donors (Lipinski definition) is 1. The Morgan fingerprint density at radius 2 is 2.05 bits per heavy atom. The van der Waals surface area contributed by atoms with E-state index in [-0.39, 0.29) is 17.6 Å². The molecule has 0 amide bonds. The molecule has 3 rings (SSSR count). The maximum absolute atomic E-state index is 6.39. The van der Waals surface area contributed by atoms with Crippen LogP contribution in [0, 0.1) is 16.7 Å².